The highest BCUT2D eigenvalue weighted by Crippen LogP contribution is 2.50. The van der Waals surface area contributed by atoms with E-state index in [1.807, 2.05) is 48.5 Å². The molecule has 2 saturated heterocycles. The number of rotatable bonds is 4. The van der Waals surface area contributed by atoms with Crippen molar-refractivity contribution >= 4 is 0 Å². The summed E-state index contributed by atoms with van der Waals surface area (Å²) >= 11 is 0. The van der Waals surface area contributed by atoms with Crippen molar-refractivity contribution in [3.05, 3.63) is 72.4 Å². The molecular formula is C22H23N3O5. The molecule has 156 valence electrons. The van der Waals surface area contributed by atoms with Crippen LogP contribution in [0.5, 0.6) is 0 Å². The molecule has 2 aliphatic heterocycles. The van der Waals surface area contributed by atoms with Gasteiger partial charge >= 0.3 is 0 Å². The van der Waals surface area contributed by atoms with Crippen LogP contribution in [0.3, 0.4) is 0 Å². The number of aliphatic hydroxyl groups excluding tert-OH is 1. The summed E-state index contributed by atoms with van der Waals surface area (Å²) in [6.45, 7) is 3.52. The van der Waals surface area contributed by atoms with Gasteiger partial charge < -0.3 is 24.4 Å². The summed E-state index contributed by atoms with van der Waals surface area (Å²) in [5.41, 5.74) is 0.376. The lowest BCUT2D eigenvalue weighted by atomic mass is 9.84. The van der Waals surface area contributed by atoms with Crippen molar-refractivity contribution in [2.45, 2.75) is 50.0 Å². The van der Waals surface area contributed by atoms with Crippen LogP contribution in [-0.4, -0.2) is 49.5 Å². The standard InChI is InChI=1S/C22H23N3O5/c1-21(2)29-18-20(30-21)28-17(22(18,27)15-11-7-4-8-12-15)19(26)25-13-16(23-24-25)14-9-5-3-6-10-14/h3-13,17-20,26-27H,1-2H3/t17-,18+,19?,20-,22-/m1/s1. The molecule has 2 aliphatic rings. The average Bonchev–Trinajstić information content (AvgIpc) is 3.43. The first-order valence-electron chi connectivity index (χ1n) is 9.83. The first-order chi connectivity index (χ1) is 14.4. The topological polar surface area (TPSA) is 98.9 Å². The lowest BCUT2D eigenvalue weighted by Crippen LogP contribution is -2.49. The molecule has 2 aromatic carbocycles. The highest BCUT2D eigenvalue weighted by Gasteiger charge is 2.65. The van der Waals surface area contributed by atoms with E-state index < -0.39 is 36.1 Å². The second-order valence-corrected chi connectivity index (χ2v) is 8.04. The van der Waals surface area contributed by atoms with Crippen LogP contribution in [0, 0.1) is 0 Å². The number of benzene rings is 2. The number of ether oxygens (including phenoxy) is 3. The maximum absolute atomic E-state index is 11.8. The fourth-order valence-electron chi connectivity index (χ4n) is 4.15. The van der Waals surface area contributed by atoms with E-state index >= 15 is 0 Å². The molecule has 0 saturated carbocycles. The summed E-state index contributed by atoms with van der Waals surface area (Å²) in [6, 6.07) is 18.5. The van der Waals surface area contributed by atoms with Crippen molar-refractivity contribution in [3.8, 4) is 11.3 Å². The van der Waals surface area contributed by atoms with E-state index in [-0.39, 0.29) is 0 Å². The van der Waals surface area contributed by atoms with Crippen molar-refractivity contribution in [2.24, 2.45) is 0 Å². The van der Waals surface area contributed by atoms with Crippen LogP contribution in [0.1, 0.15) is 25.6 Å². The Morgan fingerprint density at radius 1 is 1.00 bits per heavy atom. The third-order valence-corrected chi connectivity index (χ3v) is 5.56. The van der Waals surface area contributed by atoms with Gasteiger partial charge in [0.15, 0.2) is 23.9 Å². The molecule has 0 radical (unpaired) electrons. The number of hydrogen-bond donors (Lipinski definition) is 2. The van der Waals surface area contributed by atoms with Crippen molar-refractivity contribution in [2.75, 3.05) is 0 Å². The van der Waals surface area contributed by atoms with Gasteiger partial charge in [0.25, 0.3) is 0 Å². The zero-order valence-electron chi connectivity index (χ0n) is 16.6. The molecule has 0 bridgehead atoms. The quantitative estimate of drug-likeness (QED) is 0.682. The Hall–Kier alpha value is -2.62. The third-order valence-electron chi connectivity index (χ3n) is 5.56. The van der Waals surface area contributed by atoms with Crippen molar-refractivity contribution < 1.29 is 24.4 Å². The molecule has 3 heterocycles. The summed E-state index contributed by atoms with van der Waals surface area (Å²) in [5.74, 6) is -0.915. The predicted molar refractivity (Wildman–Crippen MR) is 106 cm³/mol. The summed E-state index contributed by atoms with van der Waals surface area (Å²) in [4.78, 5) is 0. The minimum atomic E-state index is -1.65. The molecule has 1 aromatic heterocycles. The maximum atomic E-state index is 11.8. The Bertz CT molecular complexity index is 1030. The molecule has 0 amide bonds. The van der Waals surface area contributed by atoms with Gasteiger partial charge in [-0.3, -0.25) is 0 Å². The third kappa shape index (κ3) is 3.05. The van der Waals surface area contributed by atoms with Gasteiger partial charge in [0.05, 0.1) is 6.20 Å². The molecule has 8 heteroatoms. The van der Waals surface area contributed by atoms with Crippen LogP contribution in [-0.2, 0) is 19.8 Å². The minimum Gasteiger partial charge on any atom is -0.379 e. The number of fused-ring (bicyclic) bond motifs is 1. The molecule has 0 aliphatic carbocycles. The van der Waals surface area contributed by atoms with Crippen LogP contribution in [0.2, 0.25) is 0 Å². The summed E-state index contributed by atoms with van der Waals surface area (Å²) < 4.78 is 19.1. The van der Waals surface area contributed by atoms with Crippen molar-refractivity contribution in [3.63, 3.8) is 0 Å². The van der Waals surface area contributed by atoms with Gasteiger partial charge in [-0.1, -0.05) is 65.9 Å². The van der Waals surface area contributed by atoms with E-state index in [4.69, 9.17) is 14.2 Å². The Labute approximate surface area is 173 Å². The minimum absolute atomic E-state index is 0.561. The van der Waals surface area contributed by atoms with Gasteiger partial charge in [0.2, 0.25) is 0 Å². The molecular weight excluding hydrogens is 386 g/mol. The number of nitrogens with zero attached hydrogens (tertiary/aromatic N) is 3. The van der Waals surface area contributed by atoms with Crippen molar-refractivity contribution in [1.29, 1.82) is 0 Å². The number of aliphatic hydroxyl groups is 2. The van der Waals surface area contributed by atoms with E-state index in [1.54, 1.807) is 32.2 Å². The highest BCUT2D eigenvalue weighted by molar-refractivity contribution is 5.57. The van der Waals surface area contributed by atoms with Crippen LogP contribution >= 0.6 is 0 Å². The first kappa shape index (κ1) is 19.3. The van der Waals surface area contributed by atoms with E-state index in [0.29, 0.717) is 11.3 Å². The second-order valence-electron chi connectivity index (χ2n) is 8.04. The van der Waals surface area contributed by atoms with Gasteiger partial charge in [0.1, 0.15) is 17.9 Å². The Morgan fingerprint density at radius 3 is 2.37 bits per heavy atom. The van der Waals surface area contributed by atoms with Gasteiger partial charge in [-0.15, -0.1) is 5.10 Å². The first-order valence-corrected chi connectivity index (χ1v) is 9.83. The monoisotopic (exact) mass is 409 g/mol. The zero-order chi connectivity index (χ0) is 20.9. The predicted octanol–water partition coefficient (Wildman–Crippen LogP) is 2.20. The zero-order valence-corrected chi connectivity index (χ0v) is 16.6. The van der Waals surface area contributed by atoms with Gasteiger partial charge in [0, 0.05) is 5.56 Å². The second kappa shape index (κ2) is 6.97. The van der Waals surface area contributed by atoms with E-state index in [0.717, 1.165) is 5.56 Å². The van der Waals surface area contributed by atoms with Gasteiger partial charge in [-0.05, 0) is 19.4 Å². The van der Waals surface area contributed by atoms with Crippen LogP contribution in [0.15, 0.2) is 66.9 Å². The van der Waals surface area contributed by atoms with Crippen molar-refractivity contribution in [1.82, 2.24) is 15.0 Å². The molecule has 2 N–H and O–H groups in total. The Balaban J connectivity index is 1.51. The fraction of sp³-hybridized carbons (Fsp3) is 0.364. The normalized spacial score (nSPS) is 30.9. The molecule has 0 spiro atoms. The molecule has 30 heavy (non-hydrogen) atoms. The lowest BCUT2D eigenvalue weighted by Gasteiger charge is -2.35. The maximum Gasteiger partial charge on any atom is 0.191 e. The largest absolute Gasteiger partial charge is 0.379 e. The number of aromatic nitrogens is 3. The summed E-state index contributed by atoms with van der Waals surface area (Å²) in [6.07, 6.45) is -2.43. The number of hydrogen-bond acceptors (Lipinski definition) is 7. The molecule has 8 nitrogen and oxygen atoms in total. The SMILES string of the molecule is CC1(C)O[C@H]2O[C@H](C(O)n3cc(-c4ccccc4)nn3)[C@](O)(c3ccccc3)[C@H]2O1. The van der Waals surface area contributed by atoms with E-state index in [1.165, 1.54) is 4.68 Å². The average molecular weight is 409 g/mol. The molecule has 3 aromatic rings. The highest BCUT2D eigenvalue weighted by atomic mass is 16.8. The Morgan fingerprint density at radius 2 is 1.67 bits per heavy atom. The van der Waals surface area contributed by atoms with Crippen LogP contribution < -0.4 is 0 Å². The van der Waals surface area contributed by atoms with E-state index in [2.05, 4.69) is 10.3 Å². The van der Waals surface area contributed by atoms with E-state index in [9.17, 15) is 10.2 Å². The molecule has 5 rings (SSSR count). The van der Waals surface area contributed by atoms with Crippen LogP contribution in [0.25, 0.3) is 11.3 Å². The molecule has 2 fully saturated rings. The fourth-order valence-corrected chi connectivity index (χ4v) is 4.15. The van der Waals surface area contributed by atoms with Gasteiger partial charge in [-0.25, -0.2) is 4.68 Å². The van der Waals surface area contributed by atoms with Gasteiger partial charge in [-0.2, -0.15) is 0 Å². The summed E-state index contributed by atoms with van der Waals surface area (Å²) in [7, 11) is 0. The smallest absolute Gasteiger partial charge is 0.191 e. The lowest BCUT2D eigenvalue weighted by molar-refractivity contribution is -0.252. The Kier molecular flexibility index (Phi) is 4.49. The molecule has 5 atom stereocenters. The van der Waals surface area contributed by atoms with Crippen LogP contribution in [0.4, 0.5) is 0 Å². The summed E-state index contributed by atoms with van der Waals surface area (Å²) in [5, 5.41) is 31.2. The molecule has 1 unspecified atom stereocenters.